The van der Waals surface area contributed by atoms with Crippen LogP contribution in [0.15, 0.2) is 12.1 Å². The third kappa shape index (κ3) is 4.04. The quantitative estimate of drug-likeness (QED) is 0.653. The molecule has 1 saturated heterocycles. The van der Waals surface area contributed by atoms with E-state index in [1.807, 2.05) is 18.7 Å². The largest absolute Gasteiger partial charge is 0.390 e. The molecular formula is C14H22N4O3. The fourth-order valence-corrected chi connectivity index (χ4v) is 2.53. The number of hydrogen-bond acceptors (Lipinski definition) is 6. The van der Waals surface area contributed by atoms with Crippen LogP contribution in [0, 0.1) is 10.1 Å². The second kappa shape index (κ2) is 6.26. The Kier molecular flexibility index (Phi) is 4.62. The first kappa shape index (κ1) is 15.5. The first-order chi connectivity index (χ1) is 9.91. The van der Waals surface area contributed by atoms with Crippen LogP contribution < -0.4 is 10.2 Å². The van der Waals surface area contributed by atoms with E-state index in [9.17, 15) is 15.2 Å². The number of aromatic nitrogens is 1. The van der Waals surface area contributed by atoms with E-state index in [-0.39, 0.29) is 5.69 Å². The molecule has 116 valence electrons. The van der Waals surface area contributed by atoms with Gasteiger partial charge in [-0.2, -0.15) is 0 Å². The summed E-state index contributed by atoms with van der Waals surface area (Å²) in [6.45, 7) is 5.80. The molecular weight excluding hydrogens is 272 g/mol. The van der Waals surface area contributed by atoms with Crippen LogP contribution >= 0.6 is 0 Å². The number of nitrogens with one attached hydrogen (secondary N) is 1. The summed E-state index contributed by atoms with van der Waals surface area (Å²) in [5, 5.41) is 24.2. The van der Waals surface area contributed by atoms with E-state index in [0.29, 0.717) is 31.1 Å². The summed E-state index contributed by atoms with van der Waals surface area (Å²) >= 11 is 0. The molecule has 1 unspecified atom stereocenters. The lowest BCUT2D eigenvalue weighted by Crippen LogP contribution is -2.29. The first-order valence-corrected chi connectivity index (χ1v) is 7.29. The van der Waals surface area contributed by atoms with E-state index >= 15 is 0 Å². The molecule has 7 nitrogen and oxygen atoms in total. The Morgan fingerprint density at radius 3 is 2.90 bits per heavy atom. The standard InChI is InChI=1S/C14H22N4O3/c1-3-15-12-9-11(18(20)21)10-13(16-12)17-7-4-5-14(2,19)6-8-17/h9-10,19H,3-8H2,1-2H3,(H,15,16). The van der Waals surface area contributed by atoms with E-state index in [4.69, 9.17) is 0 Å². The molecule has 0 bridgehead atoms. The van der Waals surface area contributed by atoms with E-state index in [2.05, 4.69) is 10.3 Å². The molecule has 1 aliphatic rings. The highest BCUT2D eigenvalue weighted by atomic mass is 16.6. The molecule has 0 spiro atoms. The van der Waals surface area contributed by atoms with Crippen molar-refractivity contribution in [1.29, 1.82) is 0 Å². The third-order valence-corrected chi connectivity index (χ3v) is 3.75. The molecule has 1 fully saturated rings. The first-order valence-electron chi connectivity index (χ1n) is 7.29. The number of nitro groups is 1. The van der Waals surface area contributed by atoms with Gasteiger partial charge < -0.3 is 15.3 Å². The molecule has 21 heavy (non-hydrogen) atoms. The number of pyridine rings is 1. The number of rotatable bonds is 4. The van der Waals surface area contributed by atoms with Crippen molar-refractivity contribution in [1.82, 2.24) is 4.98 Å². The number of nitrogens with zero attached hydrogens (tertiary/aromatic N) is 3. The Balaban J connectivity index is 2.27. The second-order valence-electron chi connectivity index (χ2n) is 5.69. The van der Waals surface area contributed by atoms with Crippen LogP contribution in [-0.4, -0.2) is 40.2 Å². The molecule has 0 amide bonds. The molecule has 2 N–H and O–H groups in total. The number of hydrogen-bond donors (Lipinski definition) is 2. The number of anilines is 2. The minimum absolute atomic E-state index is 0.0342. The van der Waals surface area contributed by atoms with Crippen LogP contribution in [0.2, 0.25) is 0 Å². The van der Waals surface area contributed by atoms with Crippen LogP contribution in [0.5, 0.6) is 0 Å². The number of aliphatic hydroxyl groups is 1. The monoisotopic (exact) mass is 294 g/mol. The zero-order chi connectivity index (χ0) is 15.5. The molecule has 1 aromatic rings. The van der Waals surface area contributed by atoms with Crippen molar-refractivity contribution in [2.45, 2.75) is 38.7 Å². The maximum Gasteiger partial charge on any atom is 0.276 e. The average molecular weight is 294 g/mol. The van der Waals surface area contributed by atoms with Gasteiger partial charge in [0, 0.05) is 19.6 Å². The molecule has 1 aliphatic heterocycles. The zero-order valence-corrected chi connectivity index (χ0v) is 12.5. The minimum atomic E-state index is -0.667. The van der Waals surface area contributed by atoms with Gasteiger partial charge in [0.15, 0.2) is 0 Å². The van der Waals surface area contributed by atoms with Gasteiger partial charge >= 0.3 is 0 Å². The Labute approximate surface area is 124 Å². The Bertz CT molecular complexity index is 519. The van der Waals surface area contributed by atoms with Gasteiger partial charge in [-0.15, -0.1) is 0 Å². The van der Waals surface area contributed by atoms with Crippen molar-refractivity contribution >= 4 is 17.3 Å². The summed E-state index contributed by atoms with van der Waals surface area (Å²) in [6.07, 6.45) is 2.21. The lowest BCUT2D eigenvalue weighted by molar-refractivity contribution is -0.384. The lowest BCUT2D eigenvalue weighted by atomic mass is 9.98. The Morgan fingerprint density at radius 1 is 1.48 bits per heavy atom. The highest BCUT2D eigenvalue weighted by molar-refractivity contribution is 5.56. The smallest absolute Gasteiger partial charge is 0.276 e. The van der Waals surface area contributed by atoms with Crippen LogP contribution in [-0.2, 0) is 0 Å². The van der Waals surface area contributed by atoms with Gasteiger partial charge in [0.2, 0.25) is 0 Å². The minimum Gasteiger partial charge on any atom is -0.390 e. The van der Waals surface area contributed by atoms with Crippen LogP contribution in [0.4, 0.5) is 17.3 Å². The van der Waals surface area contributed by atoms with Crippen LogP contribution in [0.3, 0.4) is 0 Å². The maximum atomic E-state index is 11.1. The summed E-state index contributed by atoms with van der Waals surface area (Å²) in [5.74, 6) is 1.11. The second-order valence-corrected chi connectivity index (χ2v) is 5.69. The molecule has 7 heteroatoms. The zero-order valence-electron chi connectivity index (χ0n) is 12.5. The highest BCUT2D eigenvalue weighted by Gasteiger charge is 2.26. The van der Waals surface area contributed by atoms with Crippen molar-refractivity contribution < 1.29 is 10.0 Å². The molecule has 0 saturated carbocycles. The Hall–Kier alpha value is -1.89. The van der Waals surface area contributed by atoms with Crippen molar-refractivity contribution in [3.63, 3.8) is 0 Å². The molecule has 0 radical (unpaired) electrons. The molecule has 2 rings (SSSR count). The maximum absolute atomic E-state index is 11.1. The predicted octanol–water partition coefficient (Wildman–Crippen LogP) is 2.16. The predicted molar refractivity (Wildman–Crippen MR) is 81.7 cm³/mol. The topological polar surface area (TPSA) is 91.5 Å². The van der Waals surface area contributed by atoms with Crippen molar-refractivity contribution in [3.8, 4) is 0 Å². The molecule has 0 aliphatic carbocycles. The Morgan fingerprint density at radius 2 is 2.24 bits per heavy atom. The summed E-state index contributed by atoms with van der Waals surface area (Å²) in [4.78, 5) is 17.1. The van der Waals surface area contributed by atoms with Gasteiger partial charge in [0.25, 0.3) is 5.69 Å². The summed E-state index contributed by atoms with van der Waals surface area (Å²) < 4.78 is 0. The van der Waals surface area contributed by atoms with Gasteiger partial charge in [0.1, 0.15) is 11.6 Å². The van der Waals surface area contributed by atoms with Gasteiger partial charge in [-0.25, -0.2) is 4.98 Å². The van der Waals surface area contributed by atoms with Crippen molar-refractivity contribution in [3.05, 3.63) is 22.2 Å². The van der Waals surface area contributed by atoms with Crippen LogP contribution in [0.1, 0.15) is 33.1 Å². The summed E-state index contributed by atoms with van der Waals surface area (Å²) in [5.41, 5.74) is -0.632. The lowest BCUT2D eigenvalue weighted by Gasteiger charge is -2.23. The SMILES string of the molecule is CCNc1cc([N+](=O)[O-])cc(N2CCCC(C)(O)CC2)n1. The van der Waals surface area contributed by atoms with Crippen LogP contribution in [0.25, 0.3) is 0 Å². The van der Waals surface area contributed by atoms with Gasteiger partial charge in [0.05, 0.1) is 22.7 Å². The molecule has 0 aromatic carbocycles. The summed E-state index contributed by atoms with van der Waals surface area (Å²) in [6, 6.07) is 2.95. The third-order valence-electron chi connectivity index (χ3n) is 3.75. The highest BCUT2D eigenvalue weighted by Crippen LogP contribution is 2.28. The molecule has 2 heterocycles. The van der Waals surface area contributed by atoms with Gasteiger partial charge in [-0.1, -0.05) is 0 Å². The van der Waals surface area contributed by atoms with Gasteiger partial charge in [-0.3, -0.25) is 10.1 Å². The average Bonchev–Trinajstić information content (AvgIpc) is 2.59. The van der Waals surface area contributed by atoms with E-state index in [1.165, 1.54) is 12.1 Å². The van der Waals surface area contributed by atoms with E-state index in [0.717, 1.165) is 19.4 Å². The van der Waals surface area contributed by atoms with Crippen molar-refractivity contribution in [2.75, 3.05) is 29.9 Å². The van der Waals surface area contributed by atoms with Crippen molar-refractivity contribution in [2.24, 2.45) is 0 Å². The van der Waals surface area contributed by atoms with E-state index in [1.54, 1.807) is 0 Å². The van der Waals surface area contributed by atoms with E-state index < -0.39 is 10.5 Å². The normalized spacial score (nSPS) is 22.7. The molecule has 1 atom stereocenters. The fourth-order valence-electron chi connectivity index (χ4n) is 2.53. The fraction of sp³-hybridized carbons (Fsp3) is 0.643. The summed E-state index contributed by atoms with van der Waals surface area (Å²) in [7, 11) is 0. The molecule has 1 aromatic heterocycles. The van der Waals surface area contributed by atoms with Gasteiger partial charge in [-0.05, 0) is 33.1 Å².